The maximum atomic E-state index is 10.9. The molecule has 1 heterocycles. The Labute approximate surface area is 84.1 Å². The minimum absolute atomic E-state index is 0.107. The summed E-state index contributed by atoms with van der Waals surface area (Å²) in [5.41, 5.74) is 0.760. The second-order valence-electron chi connectivity index (χ2n) is 3.51. The molecule has 0 N–H and O–H groups in total. The normalized spacial score (nSPS) is 10.3. The van der Waals surface area contributed by atoms with Crippen LogP contribution < -0.4 is 4.74 Å². The van der Waals surface area contributed by atoms with Gasteiger partial charge in [0, 0.05) is 12.5 Å². The van der Waals surface area contributed by atoms with Gasteiger partial charge < -0.3 is 4.74 Å². The van der Waals surface area contributed by atoms with Gasteiger partial charge >= 0.3 is 0 Å². The van der Waals surface area contributed by atoms with Crippen LogP contribution in [0.25, 0.3) is 0 Å². The molecule has 0 fully saturated rings. The number of carbonyl (C=O) groups excluding carboxylic acids is 1. The molecule has 1 rings (SSSR count). The molecule has 0 aliphatic carbocycles. The number of hydrogen-bond acceptors (Lipinski definition) is 3. The van der Waals surface area contributed by atoms with Crippen LogP contribution in [0.3, 0.4) is 0 Å². The highest BCUT2D eigenvalue weighted by atomic mass is 16.5. The highest BCUT2D eigenvalue weighted by Crippen LogP contribution is 2.09. The van der Waals surface area contributed by atoms with Crippen LogP contribution in [-0.2, 0) is 11.2 Å². The molecule has 0 amide bonds. The van der Waals surface area contributed by atoms with Crippen molar-refractivity contribution in [2.45, 2.75) is 33.3 Å². The van der Waals surface area contributed by atoms with Crippen molar-refractivity contribution in [2.75, 3.05) is 0 Å². The second-order valence-corrected chi connectivity index (χ2v) is 3.51. The van der Waals surface area contributed by atoms with E-state index in [1.165, 1.54) is 0 Å². The molecule has 0 aliphatic heterocycles. The van der Waals surface area contributed by atoms with Crippen LogP contribution in [0.4, 0.5) is 0 Å². The van der Waals surface area contributed by atoms with E-state index in [2.05, 4.69) is 4.98 Å². The Morgan fingerprint density at radius 3 is 2.79 bits per heavy atom. The lowest BCUT2D eigenvalue weighted by Crippen LogP contribution is -2.08. The molecule has 3 nitrogen and oxygen atoms in total. The van der Waals surface area contributed by atoms with Crippen LogP contribution in [0.15, 0.2) is 18.2 Å². The van der Waals surface area contributed by atoms with Gasteiger partial charge in [-0.15, -0.1) is 0 Å². The Hall–Kier alpha value is -1.38. The maximum Gasteiger partial charge on any atom is 0.213 e. The lowest BCUT2D eigenvalue weighted by Gasteiger charge is -2.08. The summed E-state index contributed by atoms with van der Waals surface area (Å²) < 4.78 is 5.41. The summed E-state index contributed by atoms with van der Waals surface area (Å²) in [5, 5.41) is 0. The summed E-state index contributed by atoms with van der Waals surface area (Å²) >= 11 is 0. The van der Waals surface area contributed by atoms with Gasteiger partial charge in [-0.25, -0.2) is 4.98 Å². The molecule has 0 saturated carbocycles. The second kappa shape index (κ2) is 4.74. The predicted octanol–water partition coefficient (Wildman–Crippen LogP) is 2.00. The first-order valence-corrected chi connectivity index (χ1v) is 4.70. The van der Waals surface area contributed by atoms with Crippen molar-refractivity contribution in [1.29, 1.82) is 0 Å². The summed E-state index contributed by atoms with van der Waals surface area (Å²) in [6.07, 6.45) is 0.477. The molecular formula is C11H15NO2. The topological polar surface area (TPSA) is 39.2 Å². The average Bonchev–Trinajstić information content (AvgIpc) is 2.01. The fourth-order valence-corrected chi connectivity index (χ4v) is 1.12. The first-order chi connectivity index (χ1) is 6.58. The molecule has 3 heteroatoms. The lowest BCUT2D eigenvalue weighted by molar-refractivity contribution is -0.116. The third-order valence-electron chi connectivity index (χ3n) is 1.57. The molecule has 1 aromatic rings. The van der Waals surface area contributed by atoms with Gasteiger partial charge in [-0.1, -0.05) is 6.07 Å². The van der Waals surface area contributed by atoms with Gasteiger partial charge in [0.15, 0.2) is 0 Å². The predicted molar refractivity (Wildman–Crippen MR) is 54.4 cm³/mol. The molecule has 0 unspecified atom stereocenters. The smallest absolute Gasteiger partial charge is 0.213 e. The monoisotopic (exact) mass is 193 g/mol. The quantitative estimate of drug-likeness (QED) is 0.734. The summed E-state index contributed by atoms with van der Waals surface area (Å²) in [7, 11) is 0. The number of hydrogen-bond donors (Lipinski definition) is 0. The fraction of sp³-hybridized carbons (Fsp3) is 0.455. The van der Waals surface area contributed by atoms with Crippen molar-refractivity contribution < 1.29 is 9.53 Å². The van der Waals surface area contributed by atoms with Gasteiger partial charge in [0.05, 0.1) is 11.8 Å². The molecule has 14 heavy (non-hydrogen) atoms. The van der Waals surface area contributed by atoms with Crippen LogP contribution >= 0.6 is 0 Å². The maximum absolute atomic E-state index is 10.9. The molecule has 0 radical (unpaired) electrons. The summed E-state index contributed by atoms with van der Waals surface area (Å²) in [6, 6.07) is 5.47. The molecule has 0 aliphatic rings. The largest absolute Gasteiger partial charge is 0.475 e. The number of Topliss-reactive ketones (excluding diaryl/α,β-unsaturated/α-hetero) is 1. The Balaban J connectivity index is 2.73. The third-order valence-corrected chi connectivity index (χ3v) is 1.57. The van der Waals surface area contributed by atoms with Gasteiger partial charge in [0.25, 0.3) is 0 Å². The molecular weight excluding hydrogens is 178 g/mol. The number of nitrogens with zero attached hydrogens (tertiary/aromatic N) is 1. The zero-order valence-corrected chi connectivity index (χ0v) is 8.78. The van der Waals surface area contributed by atoms with E-state index in [4.69, 9.17) is 4.74 Å². The van der Waals surface area contributed by atoms with E-state index in [-0.39, 0.29) is 11.9 Å². The molecule has 1 aromatic heterocycles. The van der Waals surface area contributed by atoms with E-state index in [0.29, 0.717) is 12.3 Å². The first-order valence-electron chi connectivity index (χ1n) is 4.70. The van der Waals surface area contributed by atoms with E-state index in [9.17, 15) is 4.79 Å². The van der Waals surface area contributed by atoms with Gasteiger partial charge in [0.1, 0.15) is 5.78 Å². The number of pyridine rings is 1. The van der Waals surface area contributed by atoms with Crippen LogP contribution in [-0.4, -0.2) is 16.9 Å². The standard InChI is InChI=1S/C11H15NO2/c1-8(2)14-11-6-4-5-10(12-11)7-9(3)13/h4-6,8H,7H2,1-3H3. The third kappa shape index (κ3) is 3.56. The zero-order valence-electron chi connectivity index (χ0n) is 8.78. The van der Waals surface area contributed by atoms with Crippen LogP contribution in [0.2, 0.25) is 0 Å². The molecule has 0 bridgehead atoms. The number of aromatic nitrogens is 1. The molecule has 0 aromatic carbocycles. The SMILES string of the molecule is CC(=O)Cc1cccc(OC(C)C)n1. The number of rotatable bonds is 4. The van der Waals surface area contributed by atoms with E-state index in [1.807, 2.05) is 26.0 Å². The highest BCUT2D eigenvalue weighted by molar-refractivity contribution is 5.77. The highest BCUT2D eigenvalue weighted by Gasteiger charge is 2.02. The van der Waals surface area contributed by atoms with E-state index in [1.54, 1.807) is 13.0 Å². The van der Waals surface area contributed by atoms with Crippen molar-refractivity contribution in [3.63, 3.8) is 0 Å². The van der Waals surface area contributed by atoms with Crippen LogP contribution in [0.5, 0.6) is 5.88 Å². The van der Waals surface area contributed by atoms with Crippen LogP contribution in [0, 0.1) is 0 Å². The molecule has 0 atom stereocenters. The summed E-state index contributed by atoms with van der Waals surface area (Å²) in [5.74, 6) is 0.693. The number of ketones is 1. The van der Waals surface area contributed by atoms with Crippen LogP contribution in [0.1, 0.15) is 26.5 Å². The van der Waals surface area contributed by atoms with E-state index < -0.39 is 0 Å². The van der Waals surface area contributed by atoms with Crippen molar-refractivity contribution >= 4 is 5.78 Å². The number of carbonyl (C=O) groups is 1. The Bertz CT molecular complexity index is 321. The van der Waals surface area contributed by atoms with Gasteiger partial charge in [-0.2, -0.15) is 0 Å². The minimum Gasteiger partial charge on any atom is -0.475 e. The summed E-state index contributed by atoms with van der Waals surface area (Å²) in [4.78, 5) is 15.1. The summed E-state index contributed by atoms with van der Waals surface area (Å²) in [6.45, 7) is 5.44. The van der Waals surface area contributed by atoms with E-state index >= 15 is 0 Å². The average molecular weight is 193 g/mol. The lowest BCUT2D eigenvalue weighted by atomic mass is 10.2. The van der Waals surface area contributed by atoms with Crippen molar-refractivity contribution in [3.8, 4) is 5.88 Å². The Morgan fingerprint density at radius 1 is 1.50 bits per heavy atom. The molecule has 0 saturated heterocycles. The zero-order chi connectivity index (χ0) is 10.6. The van der Waals surface area contributed by atoms with Crippen molar-refractivity contribution in [3.05, 3.63) is 23.9 Å². The minimum atomic E-state index is 0.107. The number of ether oxygens (including phenoxy) is 1. The Morgan fingerprint density at radius 2 is 2.21 bits per heavy atom. The van der Waals surface area contributed by atoms with Crippen molar-refractivity contribution in [1.82, 2.24) is 4.98 Å². The Kier molecular flexibility index (Phi) is 3.63. The molecule has 0 spiro atoms. The van der Waals surface area contributed by atoms with Crippen molar-refractivity contribution in [2.24, 2.45) is 0 Å². The fourth-order valence-electron chi connectivity index (χ4n) is 1.12. The van der Waals surface area contributed by atoms with Gasteiger partial charge in [0.2, 0.25) is 5.88 Å². The van der Waals surface area contributed by atoms with Gasteiger partial charge in [-0.3, -0.25) is 4.79 Å². The van der Waals surface area contributed by atoms with Gasteiger partial charge in [-0.05, 0) is 26.8 Å². The molecule has 76 valence electrons. The first kappa shape index (κ1) is 10.7. The van der Waals surface area contributed by atoms with E-state index in [0.717, 1.165) is 5.69 Å².